The van der Waals surface area contributed by atoms with Gasteiger partial charge in [-0.25, -0.2) is 4.79 Å². The zero-order valence-electron chi connectivity index (χ0n) is 10.5. The molecule has 20 heavy (non-hydrogen) atoms. The number of anilines is 1. The number of hydrogen-bond donors (Lipinski definition) is 2. The Bertz CT molecular complexity index is 660. The summed E-state index contributed by atoms with van der Waals surface area (Å²) >= 11 is 7.07. The van der Waals surface area contributed by atoms with E-state index in [-0.39, 0.29) is 13.0 Å². The molecule has 7 nitrogen and oxygen atoms in total. The van der Waals surface area contributed by atoms with Crippen molar-refractivity contribution in [2.24, 2.45) is 0 Å². The number of urea groups is 1. The second kappa shape index (κ2) is 6.02. The quantitative estimate of drug-likeness (QED) is 0.902. The summed E-state index contributed by atoms with van der Waals surface area (Å²) in [6, 6.07) is 2.89. The number of aromatic nitrogens is 2. The molecular weight excluding hydrogens is 304 g/mol. The fourth-order valence-corrected chi connectivity index (χ4v) is 2.26. The Hall–Kier alpha value is -1.93. The highest BCUT2D eigenvalue weighted by Crippen LogP contribution is 2.30. The van der Waals surface area contributed by atoms with Gasteiger partial charge in [0.05, 0.1) is 28.9 Å². The van der Waals surface area contributed by atoms with Gasteiger partial charge in [-0.05, 0) is 12.1 Å². The van der Waals surface area contributed by atoms with Gasteiger partial charge in [0.1, 0.15) is 11.0 Å². The number of halogens is 1. The van der Waals surface area contributed by atoms with E-state index >= 15 is 0 Å². The highest BCUT2D eigenvalue weighted by Gasteiger charge is 2.15. The third-order valence-corrected chi connectivity index (χ3v) is 3.47. The molecule has 1 heterocycles. The molecule has 0 radical (unpaired) electrons. The summed E-state index contributed by atoms with van der Waals surface area (Å²) in [5.41, 5.74) is 1.54. The molecule has 2 aromatic rings. The molecule has 0 unspecified atom stereocenters. The number of hydrogen-bond acceptors (Lipinski definition) is 5. The predicted octanol–water partition coefficient (Wildman–Crippen LogP) is 2.28. The Labute approximate surface area is 123 Å². The minimum absolute atomic E-state index is 0.101. The normalized spacial score (nSPS) is 10.5. The fraction of sp³-hybridized carbons (Fsp3) is 0.273. The number of carbonyl (C=O) groups excluding carboxylic acids is 1. The van der Waals surface area contributed by atoms with Crippen LogP contribution >= 0.6 is 23.3 Å². The smallest absolute Gasteiger partial charge is 0.321 e. The van der Waals surface area contributed by atoms with Crippen LogP contribution in [0.3, 0.4) is 0 Å². The number of nitrogens with zero attached hydrogens (tertiary/aromatic N) is 3. The zero-order valence-corrected chi connectivity index (χ0v) is 12.0. The van der Waals surface area contributed by atoms with Crippen molar-refractivity contribution >= 4 is 52.1 Å². The number of nitrogens with one attached hydrogen (secondary N) is 1. The van der Waals surface area contributed by atoms with E-state index in [1.54, 1.807) is 12.1 Å². The molecule has 0 aliphatic carbocycles. The van der Waals surface area contributed by atoms with E-state index in [0.717, 1.165) is 11.7 Å². The van der Waals surface area contributed by atoms with Crippen molar-refractivity contribution < 1.29 is 14.7 Å². The third-order valence-electron chi connectivity index (χ3n) is 2.62. The number of carbonyl (C=O) groups is 2. The standard InChI is InChI=1S/C11H11ClN4O3S/c1-16(5-4-8(17)18)11(19)13-9-6(12)2-3-7-10(9)15-20-14-7/h2-3H,4-5H2,1H3,(H,13,19)(H,17,18). The molecule has 0 aliphatic rings. The second-order valence-electron chi connectivity index (χ2n) is 4.05. The molecule has 1 aromatic heterocycles. The number of carboxylic acids is 1. The van der Waals surface area contributed by atoms with Gasteiger partial charge in [0.25, 0.3) is 0 Å². The molecule has 0 saturated carbocycles. The van der Waals surface area contributed by atoms with Crippen LogP contribution in [0.25, 0.3) is 11.0 Å². The van der Waals surface area contributed by atoms with Gasteiger partial charge in [-0.2, -0.15) is 8.75 Å². The summed E-state index contributed by atoms with van der Waals surface area (Å²) in [6.45, 7) is 0.101. The predicted molar refractivity (Wildman–Crippen MR) is 76.3 cm³/mol. The molecule has 0 atom stereocenters. The van der Waals surface area contributed by atoms with Crippen LogP contribution in [0, 0.1) is 0 Å². The van der Waals surface area contributed by atoms with Crippen LogP contribution in [0.15, 0.2) is 12.1 Å². The Balaban J connectivity index is 2.15. The molecule has 2 N–H and O–H groups in total. The number of benzene rings is 1. The van der Waals surface area contributed by atoms with Crippen molar-refractivity contribution in [3.8, 4) is 0 Å². The van der Waals surface area contributed by atoms with Crippen LogP contribution in [-0.4, -0.2) is 44.3 Å². The van der Waals surface area contributed by atoms with Gasteiger partial charge in [-0.1, -0.05) is 11.6 Å². The van der Waals surface area contributed by atoms with Crippen LogP contribution in [0.5, 0.6) is 0 Å². The minimum Gasteiger partial charge on any atom is -0.481 e. The maximum atomic E-state index is 12.0. The van der Waals surface area contributed by atoms with Gasteiger partial charge in [-0.15, -0.1) is 0 Å². The van der Waals surface area contributed by atoms with E-state index in [4.69, 9.17) is 16.7 Å². The Morgan fingerprint density at radius 1 is 1.45 bits per heavy atom. The van der Waals surface area contributed by atoms with Gasteiger partial charge in [0, 0.05) is 13.6 Å². The van der Waals surface area contributed by atoms with Gasteiger partial charge in [-0.3, -0.25) is 4.79 Å². The average molecular weight is 315 g/mol. The third kappa shape index (κ3) is 3.14. The van der Waals surface area contributed by atoms with Gasteiger partial charge < -0.3 is 15.3 Å². The number of carboxylic acid groups (broad SMARTS) is 1. The highest BCUT2D eigenvalue weighted by molar-refractivity contribution is 7.00. The summed E-state index contributed by atoms with van der Waals surface area (Å²) in [5.74, 6) is -0.964. The van der Waals surface area contributed by atoms with E-state index in [0.29, 0.717) is 21.7 Å². The van der Waals surface area contributed by atoms with E-state index in [2.05, 4.69) is 14.1 Å². The Morgan fingerprint density at radius 2 is 2.20 bits per heavy atom. The molecule has 1 aromatic carbocycles. The average Bonchev–Trinajstić information content (AvgIpc) is 2.87. The molecular formula is C11H11ClN4O3S. The lowest BCUT2D eigenvalue weighted by atomic mass is 10.2. The lowest BCUT2D eigenvalue weighted by Crippen LogP contribution is -2.33. The Kier molecular flexibility index (Phi) is 4.35. The lowest BCUT2D eigenvalue weighted by Gasteiger charge is -2.17. The topological polar surface area (TPSA) is 95.4 Å². The van der Waals surface area contributed by atoms with E-state index < -0.39 is 12.0 Å². The SMILES string of the molecule is CN(CCC(=O)O)C(=O)Nc1c(Cl)ccc2nsnc12. The minimum atomic E-state index is -0.964. The molecule has 106 valence electrons. The second-order valence-corrected chi connectivity index (χ2v) is 4.99. The zero-order chi connectivity index (χ0) is 14.7. The molecule has 0 saturated heterocycles. The van der Waals surface area contributed by atoms with Crippen LogP contribution in [0.1, 0.15) is 6.42 Å². The first-order valence-corrected chi connectivity index (χ1v) is 6.74. The van der Waals surface area contributed by atoms with Crippen molar-refractivity contribution in [1.82, 2.24) is 13.6 Å². The van der Waals surface area contributed by atoms with E-state index in [1.165, 1.54) is 11.9 Å². The molecule has 0 spiro atoms. The summed E-state index contributed by atoms with van der Waals surface area (Å²) in [4.78, 5) is 23.7. The summed E-state index contributed by atoms with van der Waals surface area (Å²) in [7, 11) is 1.51. The first-order chi connectivity index (χ1) is 9.49. The first kappa shape index (κ1) is 14.5. The number of amides is 2. The highest BCUT2D eigenvalue weighted by atomic mass is 35.5. The van der Waals surface area contributed by atoms with Crippen molar-refractivity contribution in [3.05, 3.63) is 17.2 Å². The van der Waals surface area contributed by atoms with Crippen molar-refractivity contribution in [1.29, 1.82) is 0 Å². The fourth-order valence-electron chi connectivity index (χ4n) is 1.51. The van der Waals surface area contributed by atoms with Gasteiger partial charge in [0.15, 0.2) is 0 Å². The van der Waals surface area contributed by atoms with Crippen LogP contribution in [0.2, 0.25) is 5.02 Å². The number of aliphatic carboxylic acids is 1. The molecule has 0 bridgehead atoms. The van der Waals surface area contributed by atoms with E-state index in [9.17, 15) is 9.59 Å². The maximum Gasteiger partial charge on any atom is 0.321 e. The monoisotopic (exact) mass is 314 g/mol. The lowest BCUT2D eigenvalue weighted by molar-refractivity contribution is -0.137. The molecule has 0 aliphatic heterocycles. The summed E-state index contributed by atoms with van der Waals surface area (Å²) in [5, 5.41) is 11.6. The van der Waals surface area contributed by atoms with Crippen molar-refractivity contribution in [2.75, 3.05) is 18.9 Å². The first-order valence-electron chi connectivity index (χ1n) is 5.63. The van der Waals surface area contributed by atoms with Crippen LogP contribution < -0.4 is 5.32 Å². The largest absolute Gasteiger partial charge is 0.481 e. The Morgan fingerprint density at radius 3 is 2.90 bits per heavy atom. The molecule has 9 heteroatoms. The molecule has 2 amide bonds. The van der Waals surface area contributed by atoms with E-state index in [1.807, 2.05) is 0 Å². The van der Waals surface area contributed by atoms with Crippen molar-refractivity contribution in [3.63, 3.8) is 0 Å². The maximum absolute atomic E-state index is 12.0. The molecule has 0 fully saturated rings. The number of rotatable bonds is 4. The van der Waals surface area contributed by atoms with Crippen LogP contribution in [-0.2, 0) is 4.79 Å². The molecule has 2 rings (SSSR count). The van der Waals surface area contributed by atoms with Crippen molar-refractivity contribution in [2.45, 2.75) is 6.42 Å². The van der Waals surface area contributed by atoms with Crippen LogP contribution in [0.4, 0.5) is 10.5 Å². The number of fused-ring (bicyclic) bond motifs is 1. The summed E-state index contributed by atoms with van der Waals surface area (Å²) in [6.07, 6.45) is -0.125. The van der Waals surface area contributed by atoms with Gasteiger partial charge >= 0.3 is 12.0 Å². The van der Waals surface area contributed by atoms with Gasteiger partial charge in [0.2, 0.25) is 0 Å². The summed E-state index contributed by atoms with van der Waals surface area (Å²) < 4.78 is 8.15.